The van der Waals surface area contributed by atoms with Crippen molar-refractivity contribution in [3.8, 4) is 0 Å². The minimum Gasteiger partial charge on any atom is -0.462 e. The largest absolute Gasteiger partial charge is 0.472 e. The van der Waals surface area contributed by atoms with Gasteiger partial charge in [0, 0.05) is 25.7 Å². The van der Waals surface area contributed by atoms with E-state index in [9.17, 15) is 43.2 Å². The molecule has 0 bridgehead atoms. The molecule has 2 unspecified atom stereocenters. The minimum atomic E-state index is -4.96. The molecule has 5 atom stereocenters. The van der Waals surface area contributed by atoms with E-state index in [2.05, 4.69) is 48.5 Å². The fraction of sp³-hybridized carbons (Fsp3) is 0.946. The van der Waals surface area contributed by atoms with Crippen molar-refractivity contribution in [3.63, 3.8) is 0 Å². The van der Waals surface area contributed by atoms with Crippen molar-refractivity contribution in [2.75, 3.05) is 39.6 Å². The monoisotopic (exact) mass is 1370 g/mol. The molecule has 0 aromatic heterocycles. The van der Waals surface area contributed by atoms with E-state index in [1.54, 1.807) is 0 Å². The summed E-state index contributed by atoms with van der Waals surface area (Å²) in [7, 11) is -9.91. The Hall–Kier alpha value is -1.94. The second kappa shape index (κ2) is 64.7. The fourth-order valence-corrected chi connectivity index (χ4v) is 12.8. The van der Waals surface area contributed by atoms with Gasteiger partial charge in [0.05, 0.1) is 26.4 Å². The summed E-state index contributed by atoms with van der Waals surface area (Å²) in [5.74, 6) is 0.126. The highest BCUT2D eigenvalue weighted by molar-refractivity contribution is 7.47. The zero-order valence-electron chi connectivity index (χ0n) is 60.7. The summed E-state index contributed by atoms with van der Waals surface area (Å²) < 4.78 is 68.4. The van der Waals surface area contributed by atoms with Gasteiger partial charge in [-0.25, -0.2) is 9.13 Å². The highest BCUT2D eigenvalue weighted by Gasteiger charge is 2.30. The Kier molecular flexibility index (Phi) is 63.4. The number of carbonyl (C=O) groups excluding carboxylic acids is 4. The molecule has 17 nitrogen and oxygen atoms in total. The number of hydrogen-bond donors (Lipinski definition) is 3. The van der Waals surface area contributed by atoms with E-state index >= 15 is 0 Å². The smallest absolute Gasteiger partial charge is 0.462 e. The molecule has 0 rings (SSSR count). The average molecular weight is 1370 g/mol. The SMILES string of the molecule is CCCCCCCCCCCCCCC(=O)O[C@H](COC(=O)CCCCCCCCC(C)C)COP(=O)(O)OC[C@H](O)COP(=O)(O)OC[C@@H](COC(=O)CCCCCCCCCCCCC(C)C)OC(=O)CCCCCCCCCCCCCCCCCCC(C)C. The Morgan fingerprint density at radius 2 is 0.495 bits per heavy atom. The molecule has 0 saturated carbocycles. The van der Waals surface area contributed by atoms with Crippen LogP contribution in [-0.2, 0) is 65.4 Å². The predicted octanol–water partition coefficient (Wildman–Crippen LogP) is 21.4. The first-order valence-electron chi connectivity index (χ1n) is 38.3. The molecule has 0 aromatic rings. The number of phosphoric acid groups is 2. The fourth-order valence-electron chi connectivity index (χ4n) is 11.2. The zero-order valence-corrected chi connectivity index (χ0v) is 62.5. The van der Waals surface area contributed by atoms with Crippen molar-refractivity contribution in [2.24, 2.45) is 17.8 Å². The van der Waals surface area contributed by atoms with Gasteiger partial charge in [0.1, 0.15) is 19.3 Å². The van der Waals surface area contributed by atoms with Crippen LogP contribution in [0.3, 0.4) is 0 Å². The normalized spacial score (nSPS) is 14.1. The summed E-state index contributed by atoms with van der Waals surface area (Å²) >= 11 is 0. The first kappa shape index (κ1) is 91.1. The van der Waals surface area contributed by atoms with Gasteiger partial charge in [-0.15, -0.1) is 0 Å². The summed E-state index contributed by atoms with van der Waals surface area (Å²) in [6.45, 7) is 11.8. The Balaban J connectivity index is 5.22. The summed E-state index contributed by atoms with van der Waals surface area (Å²) in [5.41, 5.74) is 0. The summed E-state index contributed by atoms with van der Waals surface area (Å²) in [6.07, 6.45) is 50.1. The van der Waals surface area contributed by atoms with Crippen LogP contribution >= 0.6 is 15.6 Å². The molecule has 3 N–H and O–H groups in total. The van der Waals surface area contributed by atoms with Gasteiger partial charge in [0.2, 0.25) is 0 Å². The predicted molar refractivity (Wildman–Crippen MR) is 377 cm³/mol. The summed E-state index contributed by atoms with van der Waals surface area (Å²) in [5, 5.41) is 10.6. The molecule has 0 spiro atoms. The van der Waals surface area contributed by atoms with Gasteiger partial charge in [-0.1, -0.05) is 325 Å². The minimum absolute atomic E-state index is 0.106. The third kappa shape index (κ3) is 68.4. The van der Waals surface area contributed by atoms with Crippen LogP contribution in [0.1, 0.15) is 376 Å². The van der Waals surface area contributed by atoms with E-state index in [4.69, 9.17) is 37.0 Å². The third-order valence-electron chi connectivity index (χ3n) is 17.1. The second-order valence-electron chi connectivity index (χ2n) is 28.1. The first-order chi connectivity index (χ1) is 44.7. The molecule has 0 aliphatic rings. The van der Waals surface area contributed by atoms with Crippen LogP contribution in [-0.4, -0.2) is 96.7 Å². The average Bonchev–Trinajstić information content (AvgIpc) is 2.73. The van der Waals surface area contributed by atoms with Crippen LogP contribution in [0.4, 0.5) is 0 Å². The number of carbonyl (C=O) groups is 4. The number of phosphoric ester groups is 2. The van der Waals surface area contributed by atoms with Gasteiger partial charge >= 0.3 is 39.5 Å². The lowest BCUT2D eigenvalue weighted by atomic mass is 10.0. The Bertz CT molecular complexity index is 1820. The molecule has 0 heterocycles. The van der Waals surface area contributed by atoms with Crippen molar-refractivity contribution in [2.45, 2.75) is 394 Å². The number of esters is 4. The molecule has 0 amide bonds. The molecule has 0 saturated heterocycles. The highest BCUT2D eigenvalue weighted by atomic mass is 31.2. The van der Waals surface area contributed by atoms with Crippen molar-refractivity contribution in [3.05, 3.63) is 0 Å². The molecular formula is C74H144O17P2. The van der Waals surface area contributed by atoms with Gasteiger partial charge in [0.15, 0.2) is 12.2 Å². The van der Waals surface area contributed by atoms with Crippen molar-refractivity contribution in [1.82, 2.24) is 0 Å². The van der Waals surface area contributed by atoms with E-state index in [1.807, 2.05) is 0 Å². The molecule has 0 radical (unpaired) electrons. The highest BCUT2D eigenvalue weighted by Crippen LogP contribution is 2.45. The van der Waals surface area contributed by atoms with E-state index in [1.165, 1.54) is 180 Å². The molecule has 0 fully saturated rings. The Labute approximate surface area is 568 Å². The van der Waals surface area contributed by atoms with E-state index < -0.39 is 97.5 Å². The van der Waals surface area contributed by atoms with Crippen LogP contribution in [0.15, 0.2) is 0 Å². The molecule has 0 aromatic carbocycles. The van der Waals surface area contributed by atoms with Crippen LogP contribution in [0.2, 0.25) is 0 Å². The second-order valence-corrected chi connectivity index (χ2v) is 31.0. The summed E-state index contributed by atoms with van der Waals surface area (Å²) in [6, 6.07) is 0. The number of hydrogen-bond acceptors (Lipinski definition) is 15. The number of unbranched alkanes of at least 4 members (excludes halogenated alkanes) is 40. The number of rotatable bonds is 72. The van der Waals surface area contributed by atoms with Crippen LogP contribution in [0.25, 0.3) is 0 Å². The lowest BCUT2D eigenvalue weighted by Crippen LogP contribution is -2.30. The Morgan fingerprint density at radius 1 is 0.290 bits per heavy atom. The molecule has 19 heteroatoms. The number of aliphatic hydroxyl groups is 1. The topological polar surface area (TPSA) is 237 Å². The van der Waals surface area contributed by atoms with Crippen LogP contribution in [0.5, 0.6) is 0 Å². The summed E-state index contributed by atoms with van der Waals surface area (Å²) in [4.78, 5) is 72.7. The lowest BCUT2D eigenvalue weighted by Gasteiger charge is -2.21. The van der Waals surface area contributed by atoms with Gasteiger partial charge in [0.25, 0.3) is 0 Å². The molecular weight excluding hydrogens is 1220 g/mol. The number of ether oxygens (including phenoxy) is 4. The number of aliphatic hydroxyl groups excluding tert-OH is 1. The van der Waals surface area contributed by atoms with E-state index in [-0.39, 0.29) is 25.7 Å². The van der Waals surface area contributed by atoms with Gasteiger partial charge < -0.3 is 33.8 Å². The maximum atomic E-state index is 13.1. The molecule has 93 heavy (non-hydrogen) atoms. The quantitative estimate of drug-likeness (QED) is 0.0222. The van der Waals surface area contributed by atoms with Crippen molar-refractivity contribution >= 4 is 39.5 Å². The molecule has 0 aliphatic carbocycles. The van der Waals surface area contributed by atoms with E-state index in [0.29, 0.717) is 31.6 Å². The third-order valence-corrected chi connectivity index (χ3v) is 19.0. The van der Waals surface area contributed by atoms with E-state index in [0.717, 1.165) is 108 Å². The first-order valence-corrected chi connectivity index (χ1v) is 41.3. The van der Waals surface area contributed by atoms with Gasteiger partial charge in [-0.2, -0.15) is 0 Å². The standard InChI is InChI=1S/C74H144O17P2/c1-8-9-10-11-12-13-14-22-29-34-43-50-57-73(78)91-70(62-85-72(77)56-49-42-37-36-40-47-54-67(6)7)64-89-93(82,83)87-60-68(75)59-86-92(80,81)88-63-69(61-84-71(76)55-48-41-33-28-25-24-27-32-39-46-53-66(4)5)90-74(79)58-51-44-35-30-23-20-18-16-15-17-19-21-26-31-38-45-52-65(2)3/h65-70,75H,8-64H2,1-7H3,(H,80,81)(H,82,83)/t68-,69-,70-/m1/s1. The van der Waals surface area contributed by atoms with Crippen LogP contribution in [0, 0.1) is 17.8 Å². The van der Waals surface area contributed by atoms with Crippen LogP contribution < -0.4 is 0 Å². The lowest BCUT2D eigenvalue weighted by molar-refractivity contribution is -0.161. The van der Waals surface area contributed by atoms with Crippen molar-refractivity contribution in [1.29, 1.82) is 0 Å². The molecule has 552 valence electrons. The van der Waals surface area contributed by atoms with Crippen molar-refractivity contribution < 1.29 is 80.2 Å². The van der Waals surface area contributed by atoms with Gasteiger partial charge in [-0.3, -0.25) is 37.3 Å². The Morgan fingerprint density at radius 3 is 0.731 bits per heavy atom. The maximum Gasteiger partial charge on any atom is 0.472 e. The van der Waals surface area contributed by atoms with Gasteiger partial charge in [-0.05, 0) is 43.4 Å². The zero-order chi connectivity index (χ0) is 68.7. The maximum absolute atomic E-state index is 13.1. The molecule has 0 aliphatic heterocycles.